The second-order valence-electron chi connectivity index (χ2n) is 24.2. The van der Waals surface area contributed by atoms with E-state index in [1.807, 2.05) is 0 Å². The lowest BCUT2D eigenvalue weighted by Crippen LogP contribution is -2.53. The summed E-state index contributed by atoms with van der Waals surface area (Å²) < 4.78 is 0. The molecule has 0 saturated heterocycles. The summed E-state index contributed by atoms with van der Waals surface area (Å²) >= 11 is 0. The molecule has 4 atom stereocenters. The van der Waals surface area contributed by atoms with E-state index in [-0.39, 0.29) is 0 Å². The van der Waals surface area contributed by atoms with Gasteiger partial charge in [0.2, 0.25) is 5.91 Å². The first-order valence-electron chi connectivity index (χ1n) is 34.7. The van der Waals surface area contributed by atoms with Gasteiger partial charge in [-0.25, -0.2) is 0 Å². The van der Waals surface area contributed by atoms with E-state index in [1.54, 1.807) is 0 Å². The van der Waals surface area contributed by atoms with Crippen molar-refractivity contribution < 1.29 is 25.2 Å². The average Bonchev–Trinajstić information content (AvgIpc) is 3.42. The van der Waals surface area contributed by atoms with Crippen molar-refractivity contribution in [3.05, 3.63) is 24.3 Å². The van der Waals surface area contributed by atoms with Crippen molar-refractivity contribution in [3.8, 4) is 0 Å². The van der Waals surface area contributed by atoms with E-state index in [4.69, 9.17) is 0 Å². The molecular weight excluding hydrogens is 935 g/mol. The number of allylic oxidation sites excluding steroid dienone is 4. The summed E-state index contributed by atoms with van der Waals surface area (Å²) in [6.45, 7) is 4.10. The molecule has 76 heavy (non-hydrogen) atoms. The van der Waals surface area contributed by atoms with Crippen molar-refractivity contribution in [1.82, 2.24) is 5.32 Å². The Labute approximate surface area is 475 Å². The number of carbonyl (C=O) groups is 1. The molecular formula is C70H137NO5. The maximum atomic E-state index is 12.7. The molecule has 4 unspecified atom stereocenters. The minimum absolute atomic E-state index is 0.366. The second-order valence-corrected chi connectivity index (χ2v) is 24.2. The molecule has 5 N–H and O–H groups in total. The van der Waals surface area contributed by atoms with E-state index >= 15 is 0 Å². The molecule has 0 aliphatic rings. The van der Waals surface area contributed by atoms with Gasteiger partial charge in [0, 0.05) is 0 Å². The van der Waals surface area contributed by atoms with Crippen LogP contribution < -0.4 is 5.32 Å². The van der Waals surface area contributed by atoms with E-state index in [9.17, 15) is 25.2 Å². The van der Waals surface area contributed by atoms with Crippen molar-refractivity contribution in [1.29, 1.82) is 0 Å². The number of rotatable bonds is 65. The van der Waals surface area contributed by atoms with E-state index in [2.05, 4.69) is 43.5 Å². The standard InChI is InChI=1S/C70H137NO5/c1-3-5-7-9-11-13-15-17-19-21-23-25-27-29-31-33-35-37-39-41-43-45-47-49-51-53-55-57-59-61-63-67(73)69(75)66(65-72)71-70(76)68(74)64-62-60-58-56-54-52-50-48-46-44-42-40-38-36-34-32-30-28-26-24-22-20-18-16-14-12-10-8-6-4-2/h30,32,55,57,66-69,72-75H,3-29,31,33-54,56,58-65H2,1-2H3,(H,71,76)/b32-30-,57-55+. The van der Waals surface area contributed by atoms with Gasteiger partial charge in [0.15, 0.2) is 0 Å². The molecule has 0 aromatic rings. The van der Waals surface area contributed by atoms with Gasteiger partial charge in [0.05, 0.1) is 18.8 Å². The summed E-state index contributed by atoms with van der Waals surface area (Å²) in [7, 11) is 0. The Morgan fingerprint density at radius 2 is 0.539 bits per heavy atom. The largest absolute Gasteiger partial charge is 0.394 e. The van der Waals surface area contributed by atoms with Crippen LogP contribution in [0.5, 0.6) is 0 Å². The number of aliphatic hydroxyl groups is 4. The fraction of sp³-hybridized carbons (Fsp3) is 0.929. The number of aliphatic hydroxyl groups excluding tert-OH is 4. The van der Waals surface area contributed by atoms with Crippen LogP contribution >= 0.6 is 0 Å². The molecule has 1 amide bonds. The SMILES string of the molecule is CCCCCCCCCCCCCC/C=C\CCCCCCCCCCCCCCCCC(O)C(=O)NC(CO)C(O)C(O)CCC/C=C/CCCCCCCCCCCCCCCCCCCCCCCCCCC. The van der Waals surface area contributed by atoms with Crippen LogP contribution in [0, 0.1) is 0 Å². The van der Waals surface area contributed by atoms with Gasteiger partial charge in [-0.2, -0.15) is 0 Å². The first kappa shape index (κ1) is 74.8. The minimum Gasteiger partial charge on any atom is -0.394 e. The highest BCUT2D eigenvalue weighted by Crippen LogP contribution is 2.19. The lowest BCUT2D eigenvalue weighted by atomic mass is 10.00. The molecule has 0 heterocycles. The van der Waals surface area contributed by atoms with Gasteiger partial charge in [-0.15, -0.1) is 0 Å². The molecule has 6 heteroatoms. The maximum absolute atomic E-state index is 12.7. The molecule has 0 saturated carbocycles. The zero-order chi connectivity index (χ0) is 55.1. The Bertz CT molecular complexity index is 1160. The normalized spacial score (nSPS) is 13.6. The molecule has 0 radical (unpaired) electrons. The highest BCUT2D eigenvalue weighted by molar-refractivity contribution is 5.80. The van der Waals surface area contributed by atoms with Crippen LogP contribution in [0.25, 0.3) is 0 Å². The molecule has 452 valence electrons. The van der Waals surface area contributed by atoms with Crippen LogP contribution in [0.1, 0.15) is 386 Å². The van der Waals surface area contributed by atoms with Crippen LogP contribution in [-0.2, 0) is 4.79 Å². The summed E-state index contributed by atoms with van der Waals surface area (Å²) in [5.74, 6) is -0.586. The molecule has 0 bridgehead atoms. The van der Waals surface area contributed by atoms with Crippen molar-refractivity contribution in [2.75, 3.05) is 6.61 Å². The van der Waals surface area contributed by atoms with Crippen molar-refractivity contribution in [2.45, 2.75) is 411 Å². The second kappa shape index (κ2) is 64.6. The highest BCUT2D eigenvalue weighted by atomic mass is 16.3. The summed E-state index contributed by atoms with van der Waals surface area (Å²) in [5, 5.41) is 44.2. The van der Waals surface area contributed by atoms with Crippen LogP contribution in [0.4, 0.5) is 0 Å². The van der Waals surface area contributed by atoms with Crippen molar-refractivity contribution >= 4 is 5.91 Å². The maximum Gasteiger partial charge on any atom is 0.249 e. The first-order valence-corrected chi connectivity index (χ1v) is 34.7. The van der Waals surface area contributed by atoms with Crippen molar-refractivity contribution in [3.63, 3.8) is 0 Å². The minimum atomic E-state index is -1.28. The molecule has 0 fully saturated rings. The van der Waals surface area contributed by atoms with Crippen molar-refractivity contribution in [2.24, 2.45) is 0 Å². The molecule has 0 aliphatic carbocycles. The summed E-state index contributed by atoms with van der Waals surface area (Å²) in [6.07, 6.45) is 81.6. The number of hydrogen-bond donors (Lipinski definition) is 5. The topological polar surface area (TPSA) is 110 Å². The molecule has 0 aromatic carbocycles. The first-order chi connectivity index (χ1) is 37.5. The number of carbonyl (C=O) groups excluding carboxylic acids is 1. The van der Waals surface area contributed by atoms with Gasteiger partial charge < -0.3 is 25.7 Å². The van der Waals surface area contributed by atoms with E-state index in [0.717, 1.165) is 38.5 Å². The van der Waals surface area contributed by atoms with Gasteiger partial charge in [-0.05, 0) is 64.2 Å². The van der Waals surface area contributed by atoms with Gasteiger partial charge in [0.1, 0.15) is 12.2 Å². The van der Waals surface area contributed by atoms with Crippen LogP contribution in [0.3, 0.4) is 0 Å². The van der Waals surface area contributed by atoms with Gasteiger partial charge in [0.25, 0.3) is 0 Å². The lowest BCUT2D eigenvalue weighted by molar-refractivity contribution is -0.132. The summed E-state index contributed by atoms with van der Waals surface area (Å²) in [6, 6.07) is -1.00. The smallest absolute Gasteiger partial charge is 0.249 e. The molecule has 0 aromatic heterocycles. The highest BCUT2D eigenvalue weighted by Gasteiger charge is 2.28. The van der Waals surface area contributed by atoms with Crippen LogP contribution in [-0.4, -0.2) is 57.3 Å². The van der Waals surface area contributed by atoms with E-state index < -0.39 is 36.9 Å². The third-order valence-electron chi connectivity index (χ3n) is 16.6. The fourth-order valence-electron chi connectivity index (χ4n) is 11.2. The Kier molecular flexibility index (Phi) is 63.6. The Morgan fingerprint density at radius 1 is 0.316 bits per heavy atom. The molecule has 0 spiro atoms. The van der Waals surface area contributed by atoms with Crippen LogP contribution in [0.2, 0.25) is 0 Å². The Hall–Kier alpha value is -1.21. The molecule has 0 aliphatic heterocycles. The zero-order valence-corrected chi connectivity index (χ0v) is 51.5. The zero-order valence-electron chi connectivity index (χ0n) is 51.5. The molecule has 6 nitrogen and oxygen atoms in total. The quantitative estimate of drug-likeness (QED) is 0.0308. The monoisotopic (exact) mass is 1070 g/mol. The number of hydrogen-bond acceptors (Lipinski definition) is 5. The number of nitrogens with one attached hydrogen (secondary N) is 1. The Morgan fingerprint density at radius 3 is 0.789 bits per heavy atom. The van der Waals surface area contributed by atoms with Gasteiger partial charge >= 0.3 is 0 Å². The third kappa shape index (κ3) is 57.5. The van der Waals surface area contributed by atoms with E-state index in [1.165, 1.54) is 321 Å². The fourth-order valence-corrected chi connectivity index (χ4v) is 11.2. The lowest BCUT2D eigenvalue weighted by Gasteiger charge is -2.27. The number of unbranched alkanes of at least 4 members (excludes halogenated alkanes) is 52. The third-order valence-corrected chi connectivity index (χ3v) is 16.6. The van der Waals surface area contributed by atoms with Crippen LogP contribution in [0.15, 0.2) is 24.3 Å². The van der Waals surface area contributed by atoms with Gasteiger partial charge in [-0.1, -0.05) is 346 Å². The van der Waals surface area contributed by atoms with Gasteiger partial charge in [-0.3, -0.25) is 4.79 Å². The molecule has 0 rings (SSSR count). The predicted octanol–water partition coefficient (Wildman–Crippen LogP) is 21.3. The average molecular weight is 1070 g/mol. The summed E-state index contributed by atoms with van der Waals surface area (Å²) in [4.78, 5) is 12.7. The number of amides is 1. The summed E-state index contributed by atoms with van der Waals surface area (Å²) in [5.41, 5.74) is 0. The van der Waals surface area contributed by atoms with E-state index in [0.29, 0.717) is 12.8 Å². The predicted molar refractivity (Wildman–Crippen MR) is 334 cm³/mol. The Balaban J connectivity index is 3.56.